The van der Waals surface area contributed by atoms with Crippen LogP contribution in [0.2, 0.25) is 5.02 Å². The Kier molecular flexibility index (Phi) is 5.02. The van der Waals surface area contributed by atoms with Crippen LogP contribution in [-0.2, 0) is 6.54 Å². The third kappa shape index (κ3) is 3.78. The quantitative estimate of drug-likeness (QED) is 0.841. The molecule has 0 fully saturated rings. The second kappa shape index (κ2) is 6.05. The van der Waals surface area contributed by atoms with Gasteiger partial charge in [-0.15, -0.1) is 0 Å². The maximum atomic E-state index is 13.4. The lowest BCUT2D eigenvalue weighted by atomic mass is 10.2. The van der Waals surface area contributed by atoms with Crippen LogP contribution in [0.4, 0.5) is 4.39 Å². The fourth-order valence-corrected chi connectivity index (χ4v) is 1.62. The van der Waals surface area contributed by atoms with Crippen molar-refractivity contribution in [2.45, 2.75) is 13.0 Å². The van der Waals surface area contributed by atoms with Crippen molar-refractivity contribution in [2.24, 2.45) is 5.73 Å². The number of nitrogens with two attached hydrogens (primary N) is 1. The predicted octanol–water partition coefficient (Wildman–Crippen LogP) is 2.26. The van der Waals surface area contributed by atoms with Crippen molar-refractivity contribution in [3.8, 4) is 0 Å². The fraction of sp³-hybridized carbons (Fsp3) is 0.455. The summed E-state index contributed by atoms with van der Waals surface area (Å²) in [5, 5.41) is 0.481. The smallest absolute Gasteiger partial charge is 0.129 e. The predicted molar refractivity (Wildman–Crippen MR) is 61.4 cm³/mol. The first kappa shape index (κ1) is 12.4. The molecule has 2 N–H and O–H groups in total. The second-order valence-corrected chi connectivity index (χ2v) is 3.99. The summed E-state index contributed by atoms with van der Waals surface area (Å²) in [6.45, 7) is 2.02. The Hall–Kier alpha value is -0.640. The van der Waals surface area contributed by atoms with Gasteiger partial charge < -0.3 is 10.6 Å². The van der Waals surface area contributed by atoms with Gasteiger partial charge in [0, 0.05) is 17.1 Å². The van der Waals surface area contributed by atoms with Crippen LogP contribution in [0.25, 0.3) is 0 Å². The van der Waals surface area contributed by atoms with E-state index in [-0.39, 0.29) is 5.82 Å². The minimum atomic E-state index is -0.248. The number of halogens is 2. The summed E-state index contributed by atoms with van der Waals surface area (Å²) in [7, 11) is 1.93. The van der Waals surface area contributed by atoms with Gasteiger partial charge >= 0.3 is 0 Å². The highest BCUT2D eigenvalue weighted by atomic mass is 35.5. The summed E-state index contributed by atoms with van der Waals surface area (Å²) >= 11 is 5.92. The van der Waals surface area contributed by atoms with E-state index in [9.17, 15) is 4.39 Å². The minimum Gasteiger partial charge on any atom is -0.330 e. The molecule has 0 aliphatic heterocycles. The number of hydrogen-bond donors (Lipinski definition) is 1. The maximum absolute atomic E-state index is 13.4. The molecular weight excluding hydrogens is 215 g/mol. The van der Waals surface area contributed by atoms with Crippen LogP contribution in [0.1, 0.15) is 12.0 Å². The average molecular weight is 231 g/mol. The van der Waals surface area contributed by atoms with E-state index < -0.39 is 0 Å². The van der Waals surface area contributed by atoms with E-state index in [0.717, 1.165) is 13.0 Å². The molecule has 2 nitrogen and oxygen atoms in total. The van der Waals surface area contributed by atoms with Gasteiger partial charge in [-0.1, -0.05) is 17.7 Å². The zero-order valence-electron chi connectivity index (χ0n) is 8.84. The van der Waals surface area contributed by atoms with E-state index in [1.54, 1.807) is 12.1 Å². The number of hydrogen-bond acceptors (Lipinski definition) is 2. The first-order valence-corrected chi connectivity index (χ1v) is 5.34. The molecule has 0 saturated carbocycles. The van der Waals surface area contributed by atoms with Gasteiger partial charge in [0.15, 0.2) is 0 Å². The van der Waals surface area contributed by atoms with E-state index in [1.165, 1.54) is 6.07 Å². The number of nitrogens with zero attached hydrogens (tertiary/aromatic N) is 1. The van der Waals surface area contributed by atoms with Crippen molar-refractivity contribution in [1.82, 2.24) is 4.90 Å². The lowest BCUT2D eigenvalue weighted by Crippen LogP contribution is -2.22. The number of rotatable bonds is 5. The SMILES string of the molecule is CN(CCCN)Cc1c(F)cccc1Cl. The Morgan fingerprint density at radius 1 is 1.47 bits per heavy atom. The van der Waals surface area contributed by atoms with Crippen LogP contribution in [0.3, 0.4) is 0 Å². The van der Waals surface area contributed by atoms with Crippen LogP contribution in [0.5, 0.6) is 0 Å². The minimum absolute atomic E-state index is 0.248. The first-order chi connectivity index (χ1) is 7.15. The summed E-state index contributed by atoms with van der Waals surface area (Å²) in [6, 6.07) is 4.75. The summed E-state index contributed by atoms with van der Waals surface area (Å²) in [6.07, 6.45) is 0.905. The van der Waals surface area contributed by atoms with Crippen molar-refractivity contribution in [3.63, 3.8) is 0 Å². The topological polar surface area (TPSA) is 29.3 Å². The van der Waals surface area contributed by atoms with Gasteiger partial charge in [0.1, 0.15) is 5.82 Å². The van der Waals surface area contributed by atoms with Gasteiger partial charge in [0.25, 0.3) is 0 Å². The molecule has 0 atom stereocenters. The van der Waals surface area contributed by atoms with Crippen LogP contribution < -0.4 is 5.73 Å². The molecular formula is C11H16ClFN2. The molecule has 15 heavy (non-hydrogen) atoms. The van der Waals surface area contributed by atoms with E-state index in [1.807, 2.05) is 11.9 Å². The lowest BCUT2D eigenvalue weighted by Gasteiger charge is -2.17. The Morgan fingerprint density at radius 3 is 2.80 bits per heavy atom. The summed E-state index contributed by atoms with van der Waals surface area (Å²) in [4.78, 5) is 2.01. The number of benzene rings is 1. The molecule has 0 heterocycles. The van der Waals surface area contributed by atoms with E-state index in [2.05, 4.69) is 0 Å². The van der Waals surface area contributed by atoms with Crippen molar-refractivity contribution in [3.05, 3.63) is 34.6 Å². The molecule has 84 valence electrons. The van der Waals surface area contributed by atoms with Gasteiger partial charge in [0.2, 0.25) is 0 Å². The monoisotopic (exact) mass is 230 g/mol. The van der Waals surface area contributed by atoms with Gasteiger partial charge in [-0.25, -0.2) is 4.39 Å². The molecule has 0 amide bonds. The molecule has 0 unspecified atom stereocenters. The van der Waals surface area contributed by atoms with E-state index >= 15 is 0 Å². The normalized spacial score (nSPS) is 11.0. The Labute approximate surface area is 94.8 Å². The van der Waals surface area contributed by atoms with E-state index in [4.69, 9.17) is 17.3 Å². The third-order valence-electron chi connectivity index (χ3n) is 2.23. The first-order valence-electron chi connectivity index (χ1n) is 4.96. The highest BCUT2D eigenvalue weighted by Gasteiger charge is 2.08. The largest absolute Gasteiger partial charge is 0.330 e. The molecule has 1 rings (SSSR count). The summed E-state index contributed by atoms with van der Waals surface area (Å²) < 4.78 is 13.4. The zero-order valence-corrected chi connectivity index (χ0v) is 9.60. The molecule has 0 radical (unpaired) electrons. The Balaban J connectivity index is 2.63. The second-order valence-electron chi connectivity index (χ2n) is 3.58. The molecule has 1 aromatic rings. The zero-order chi connectivity index (χ0) is 11.3. The van der Waals surface area contributed by atoms with Crippen LogP contribution in [-0.4, -0.2) is 25.0 Å². The Morgan fingerprint density at radius 2 is 2.20 bits per heavy atom. The molecule has 0 aliphatic carbocycles. The van der Waals surface area contributed by atoms with Gasteiger partial charge in [0.05, 0.1) is 0 Å². The van der Waals surface area contributed by atoms with Gasteiger partial charge in [-0.05, 0) is 38.7 Å². The molecule has 0 saturated heterocycles. The highest BCUT2D eigenvalue weighted by Crippen LogP contribution is 2.20. The molecule has 0 bridgehead atoms. The fourth-order valence-electron chi connectivity index (χ4n) is 1.39. The Bertz CT molecular complexity index is 297. The maximum Gasteiger partial charge on any atom is 0.129 e. The third-order valence-corrected chi connectivity index (χ3v) is 2.59. The van der Waals surface area contributed by atoms with Crippen molar-refractivity contribution >= 4 is 11.6 Å². The highest BCUT2D eigenvalue weighted by molar-refractivity contribution is 6.31. The van der Waals surface area contributed by atoms with Crippen LogP contribution in [0, 0.1) is 5.82 Å². The summed E-state index contributed by atoms with van der Waals surface area (Å²) in [5.74, 6) is -0.248. The van der Waals surface area contributed by atoms with Crippen LogP contribution in [0.15, 0.2) is 18.2 Å². The molecule has 0 spiro atoms. The van der Waals surface area contributed by atoms with E-state index in [0.29, 0.717) is 23.7 Å². The van der Waals surface area contributed by atoms with Crippen molar-refractivity contribution < 1.29 is 4.39 Å². The average Bonchev–Trinajstić information content (AvgIpc) is 2.21. The van der Waals surface area contributed by atoms with Crippen molar-refractivity contribution in [1.29, 1.82) is 0 Å². The standard InChI is InChI=1S/C11H16ClFN2/c1-15(7-3-6-14)8-9-10(12)4-2-5-11(9)13/h2,4-5H,3,6-8,14H2,1H3. The van der Waals surface area contributed by atoms with Gasteiger partial charge in [-0.2, -0.15) is 0 Å². The van der Waals surface area contributed by atoms with Gasteiger partial charge in [-0.3, -0.25) is 0 Å². The lowest BCUT2D eigenvalue weighted by molar-refractivity contribution is 0.319. The molecule has 1 aromatic carbocycles. The van der Waals surface area contributed by atoms with Crippen LogP contribution >= 0.6 is 11.6 Å². The summed E-state index contributed by atoms with van der Waals surface area (Å²) in [5.41, 5.74) is 5.96. The van der Waals surface area contributed by atoms with Crippen molar-refractivity contribution in [2.75, 3.05) is 20.1 Å². The molecule has 0 aromatic heterocycles. The molecule has 4 heteroatoms. The molecule has 0 aliphatic rings.